The number of hydrogen-bond acceptors (Lipinski definition) is 2. The van der Waals surface area contributed by atoms with Gasteiger partial charge in [-0.1, -0.05) is 159 Å². The van der Waals surface area contributed by atoms with Crippen LogP contribution in [-0.4, -0.2) is 9.97 Å². The summed E-state index contributed by atoms with van der Waals surface area (Å²) in [6, 6.07) is 60.6. The fourth-order valence-corrected chi connectivity index (χ4v) is 7.58. The number of nitrogens with zero attached hydrogens (tertiary/aromatic N) is 2. The average molecular weight is 627 g/mol. The van der Waals surface area contributed by atoms with E-state index in [9.17, 15) is 0 Å². The molecule has 1 heterocycles. The van der Waals surface area contributed by atoms with Gasteiger partial charge in [-0.15, -0.1) is 0 Å². The average Bonchev–Trinajstić information content (AvgIpc) is 3.39. The van der Waals surface area contributed by atoms with E-state index < -0.39 is 0 Å². The number of rotatable bonds is 5. The summed E-state index contributed by atoms with van der Waals surface area (Å²) < 4.78 is 0. The van der Waals surface area contributed by atoms with Gasteiger partial charge < -0.3 is 0 Å². The number of benzene rings is 7. The van der Waals surface area contributed by atoms with Crippen LogP contribution in [0.3, 0.4) is 0 Å². The highest BCUT2D eigenvalue weighted by Crippen LogP contribution is 2.54. The minimum absolute atomic E-state index is 0.100. The van der Waals surface area contributed by atoms with E-state index in [1.165, 1.54) is 49.7 Å². The van der Waals surface area contributed by atoms with Crippen LogP contribution in [0.4, 0.5) is 0 Å². The van der Waals surface area contributed by atoms with Gasteiger partial charge in [0.25, 0.3) is 0 Å². The van der Waals surface area contributed by atoms with Crippen LogP contribution in [-0.2, 0) is 5.41 Å². The molecule has 232 valence electrons. The molecule has 1 aliphatic rings. The van der Waals surface area contributed by atoms with E-state index in [4.69, 9.17) is 9.97 Å². The second-order valence-corrected chi connectivity index (χ2v) is 13.4. The Balaban J connectivity index is 1.20. The standard InChI is InChI=1S/C47H34N2/c1-47(2)41-26-14-25-39(45(41)40-28-33-19-9-10-20-34(33)29-42(40)47)38-24-12-11-23-37(38)35-21-13-22-36(27-35)46-48-43(31-15-5-3-6-16-31)30-44(49-46)32-17-7-4-8-18-32/h3-30H,1-2H3. The molecule has 0 saturated carbocycles. The molecule has 0 atom stereocenters. The third-order valence-electron chi connectivity index (χ3n) is 10.1. The summed E-state index contributed by atoms with van der Waals surface area (Å²) in [5.74, 6) is 0.711. The van der Waals surface area contributed by atoms with Gasteiger partial charge in [-0.25, -0.2) is 9.97 Å². The molecule has 2 heteroatoms. The molecule has 0 aliphatic heterocycles. The van der Waals surface area contributed by atoms with E-state index in [2.05, 4.69) is 172 Å². The zero-order chi connectivity index (χ0) is 33.0. The van der Waals surface area contributed by atoms with Crippen LogP contribution < -0.4 is 0 Å². The molecule has 49 heavy (non-hydrogen) atoms. The van der Waals surface area contributed by atoms with Crippen molar-refractivity contribution in [1.82, 2.24) is 9.97 Å². The lowest BCUT2D eigenvalue weighted by Gasteiger charge is -2.22. The van der Waals surface area contributed by atoms with E-state index >= 15 is 0 Å². The summed E-state index contributed by atoms with van der Waals surface area (Å²) in [5, 5.41) is 2.56. The summed E-state index contributed by atoms with van der Waals surface area (Å²) in [4.78, 5) is 10.2. The first-order chi connectivity index (χ1) is 24.0. The smallest absolute Gasteiger partial charge is 0.160 e. The van der Waals surface area contributed by atoms with Crippen LogP contribution in [0.15, 0.2) is 170 Å². The Hall–Kier alpha value is -6.12. The third kappa shape index (κ3) is 4.96. The van der Waals surface area contributed by atoms with E-state index in [1.54, 1.807) is 0 Å². The van der Waals surface area contributed by atoms with E-state index in [1.807, 2.05) is 12.1 Å². The van der Waals surface area contributed by atoms with Crippen LogP contribution in [0.2, 0.25) is 0 Å². The Morgan fingerprint density at radius 3 is 1.59 bits per heavy atom. The third-order valence-corrected chi connectivity index (χ3v) is 10.1. The molecule has 0 spiro atoms. The Bertz CT molecular complexity index is 2450. The van der Waals surface area contributed by atoms with Gasteiger partial charge in [0.2, 0.25) is 0 Å². The molecule has 1 aromatic heterocycles. The summed E-state index contributed by atoms with van der Waals surface area (Å²) in [6.45, 7) is 4.72. The fourth-order valence-electron chi connectivity index (χ4n) is 7.58. The molecule has 0 fully saturated rings. The summed E-state index contributed by atoms with van der Waals surface area (Å²) in [7, 11) is 0. The minimum Gasteiger partial charge on any atom is -0.228 e. The molecule has 0 unspecified atom stereocenters. The molecule has 0 radical (unpaired) electrons. The van der Waals surface area contributed by atoms with Gasteiger partial charge in [-0.3, -0.25) is 0 Å². The van der Waals surface area contributed by atoms with Crippen LogP contribution in [0.25, 0.3) is 78.1 Å². The maximum absolute atomic E-state index is 5.12. The fraction of sp³-hybridized carbons (Fsp3) is 0.0638. The first-order valence-electron chi connectivity index (χ1n) is 16.9. The van der Waals surface area contributed by atoms with Crippen molar-refractivity contribution in [2.45, 2.75) is 19.3 Å². The highest BCUT2D eigenvalue weighted by Gasteiger charge is 2.37. The van der Waals surface area contributed by atoms with Crippen LogP contribution in [0.5, 0.6) is 0 Å². The van der Waals surface area contributed by atoms with E-state index in [0.717, 1.165) is 33.6 Å². The van der Waals surface area contributed by atoms with Crippen molar-refractivity contribution in [1.29, 1.82) is 0 Å². The second kappa shape index (κ2) is 11.5. The lowest BCUT2D eigenvalue weighted by molar-refractivity contribution is 0.661. The first-order valence-corrected chi connectivity index (χ1v) is 16.9. The molecular formula is C47H34N2. The van der Waals surface area contributed by atoms with Gasteiger partial charge in [0.05, 0.1) is 11.4 Å². The van der Waals surface area contributed by atoms with Gasteiger partial charge in [0.15, 0.2) is 5.82 Å². The maximum Gasteiger partial charge on any atom is 0.160 e. The zero-order valence-corrected chi connectivity index (χ0v) is 27.6. The molecule has 0 saturated heterocycles. The number of hydrogen-bond donors (Lipinski definition) is 0. The maximum atomic E-state index is 5.12. The van der Waals surface area contributed by atoms with Crippen LogP contribution in [0, 0.1) is 0 Å². The molecule has 7 aromatic carbocycles. The van der Waals surface area contributed by atoms with Crippen molar-refractivity contribution < 1.29 is 0 Å². The van der Waals surface area contributed by atoms with Crippen molar-refractivity contribution in [2.75, 3.05) is 0 Å². The van der Waals surface area contributed by atoms with E-state index in [0.29, 0.717) is 5.82 Å². The molecule has 1 aliphatic carbocycles. The summed E-state index contributed by atoms with van der Waals surface area (Å²) in [5.41, 5.74) is 15.1. The summed E-state index contributed by atoms with van der Waals surface area (Å²) >= 11 is 0. The first kappa shape index (κ1) is 29.1. The molecule has 9 rings (SSSR count). The predicted molar refractivity (Wildman–Crippen MR) is 204 cm³/mol. The highest BCUT2D eigenvalue weighted by atomic mass is 14.9. The van der Waals surface area contributed by atoms with Gasteiger partial charge in [-0.05, 0) is 79.5 Å². The molecule has 0 bridgehead atoms. The number of aromatic nitrogens is 2. The van der Waals surface area contributed by atoms with Crippen molar-refractivity contribution in [3.8, 4) is 67.3 Å². The Morgan fingerprint density at radius 2 is 0.898 bits per heavy atom. The Morgan fingerprint density at radius 1 is 0.367 bits per heavy atom. The quantitative estimate of drug-likeness (QED) is 0.190. The van der Waals surface area contributed by atoms with Crippen LogP contribution >= 0.6 is 0 Å². The second-order valence-electron chi connectivity index (χ2n) is 13.4. The van der Waals surface area contributed by atoms with Gasteiger partial charge in [0.1, 0.15) is 0 Å². The SMILES string of the molecule is CC1(C)c2cc3ccccc3cc2-c2c(-c3ccccc3-c3cccc(-c4nc(-c5ccccc5)cc(-c5ccccc5)n4)c3)cccc21. The lowest BCUT2D eigenvalue weighted by Crippen LogP contribution is -2.14. The highest BCUT2D eigenvalue weighted by molar-refractivity contribution is 6.01. The Kier molecular flexibility index (Phi) is 6.84. The lowest BCUT2D eigenvalue weighted by atomic mass is 9.81. The van der Waals surface area contributed by atoms with Crippen molar-refractivity contribution in [3.05, 3.63) is 181 Å². The largest absolute Gasteiger partial charge is 0.228 e. The predicted octanol–water partition coefficient (Wildman–Crippen LogP) is 12.3. The Labute approximate surface area is 287 Å². The summed E-state index contributed by atoms with van der Waals surface area (Å²) in [6.07, 6.45) is 0. The number of fused-ring (bicyclic) bond motifs is 4. The van der Waals surface area contributed by atoms with Crippen LogP contribution in [0.1, 0.15) is 25.0 Å². The topological polar surface area (TPSA) is 25.8 Å². The molecule has 0 amide bonds. The zero-order valence-electron chi connectivity index (χ0n) is 27.6. The van der Waals surface area contributed by atoms with Crippen molar-refractivity contribution >= 4 is 10.8 Å². The monoisotopic (exact) mass is 626 g/mol. The normalized spacial score (nSPS) is 12.9. The molecule has 0 N–H and O–H groups in total. The van der Waals surface area contributed by atoms with Gasteiger partial charge in [-0.2, -0.15) is 0 Å². The van der Waals surface area contributed by atoms with Crippen molar-refractivity contribution in [2.24, 2.45) is 0 Å². The van der Waals surface area contributed by atoms with Gasteiger partial charge in [0, 0.05) is 22.1 Å². The minimum atomic E-state index is -0.100. The van der Waals surface area contributed by atoms with E-state index in [-0.39, 0.29) is 5.41 Å². The molecule has 8 aromatic rings. The molecule has 2 nitrogen and oxygen atoms in total. The molecular weight excluding hydrogens is 593 g/mol. The van der Waals surface area contributed by atoms with Gasteiger partial charge >= 0.3 is 0 Å². The van der Waals surface area contributed by atoms with Crippen molar-refractivity contribution in [3.63, 3.8) is 0 Å².